The molecule has 3 N–H and O–H groups in total. The van der Waals surface area contributed by atoms with Gasteiger partial charge in [-0.3, -0.25) is 19.2 Å². The average Bonchev–Trinajstić information content (AvgIpc) is 1.44. The number of hydrogen-bond donors (Lipinski definition) is 3. The van der Waals surface area contributed by atoms with Crippen LogP contribution in [0.5, 0.6) is 11.5 Å². The van der Waals surface area contributed by atoms with Crippen molar-refractivity contribution >= 4 is 23.1 Å². The van der Waals surface area contributed by atoms with Crippen LogP contribution in [-0.4, -0.2) is 217 Å². The SMILES string of the molecule is CC[C@@]1(O)C[C@H](O[C@H]2C[C@H](N(C)C)[C@H](O[C@@H]3C[C@@H]4O[C@H]5CC(=O)[C@H](C)O[C@H]5O[C@H]4[C@H](C)O3)[C@H](C)O2)c2cc3c(c(O)c2[C@H]1O[C@H]1C[C@H](N(C)C)[C@H](O[C@@H]2C[C@@H]4O[C@H]5CC(=O)[C@H](C)O[C@H]5O[C@@H]4[C@H](C)O2)[C@H](C)O1)C(=O)c1cccc(O)c1C3=O. The van der Waals surface area contributed by atoms with E-state index in [1.165, 1.54) is 24.3 Å². The Hall–Kier alpha value is -3.96. The second-order valence-electron chi connectivity index (χ2n) is 24.9. The molecule has 10 aliphatic rings. The number of likely N-dealkylation sites (N-methyl/N-ethyl adjacent to an activating group) is 2. The van der Waals surface area contributed by atoms with Gasteiger partial charge >= 0.3 is 0 Å². The van der Waals surface area contributed by atoms with E-state index in [-0.39, 0.29) is 101 Å². The highest BCUT2D eigenvalue weighted by atomic mass is 16.8. The summed E-state index contributed by atoms with van der Waals surface area (Å²) >= 11 is 0. The number of benzene rings is 2. The van der Waals surface area contributed by atoms with Crippen LogP contribution in [0.3, 0.4) is 0 Å². The van der Waals surface area contributed by atoms with Crippen molar-refractivity contribution in [2.24, 2.45) is 0 Å². The monoisotopic (exact) mass is 1160 g/mol. The molecule has 8 aliphatic heterocycles. The molecular weight excluding hydrogens is 1080 g/mol. The quantitative estimate of drug-likeness (QED) is 0.240. The van der Waals surface area contributed by atoms with E-state index in [4.69, 9.17) is 66.3 Å². The van der Waals surface area contributed by atoms with Crippen molar-refractivity contribution in [1.29, 1.82) is 0 Å². The summed E-state index contributed by atoms with van der Waals surface area (Å²) in [5.41, 5.74) is -2.14. The predicted molar refractivity (Wildman–Crippen MR) is 286 cm³/mol. The summed E-state index contributed by atoms with van der Waals surface area (Å²) in [6.45, 7) is 12.7. The fraction of sp³-hybridized carbons (Fsp3) is 0.733. The molecule has 0 spiro atoms. The molecule has 0 aromatic heterocycles. The lowest BCUT2D eigenvalue weighted by Crippen LogP contribution is -2.62. The molecule has 0 bridgehead atoms. The first-order valence-corrected chi connectivity index (χ1v) is 29.6. The molecule has 23 heteroatoms. The molecule has 25 atom stereocenters. The van der Waals surface area contributed by atoms with Gasteiger partial charge in [0.1, 0.15) is 66.4 Å². The Bertz CT molecular complexity index is 2820. The van der Waals surface area contributed by atoms with Gasteiger partial charge in [0.05, 0.1) is 59.5 Å². The van der Waals surface area contributed by atoms with E-state index >= 15 is 0 Å². The zero-order valence-electron chi connectivity index (χ0n) is 48.9. The Labute approximate surface area is 482 Å². The summed E-state index contributed by atoms with van der Waals surface area (Å²) < 4.78 is 91.0. The first-order chi connectivity index (χ1) is 39.5. The van der Waals surface area contributed by atoms with Gasteiger partial charge in [-0.2, -0.15) is 0 Å². The van der Waals surface area contributed by atoms with Gasteiger partial charge in [-0.25, -0.2) is 0 Å². The minimum Gasteiger partial charge on any atom is -0.507 e. The molecule has 456 valence electrons. The van der Waals surface area contributed by atoms with Crippen molar-refractivity contribution < 1.29 is 101 Å². The van der Waals surface area contributed by atoms with Crippen LogP contribution in [0.1, 0.15) is 155 Å². The Morgan fingerprint density at radius 2 is 1.05 bits per heavy atom. The van der Waals surface area contributed by atoms with E-state index in [0.29, 0.717) is 12.8 Å². The zero-order chi connectivity index (χ0) is 58.8. The molecule has 2 aromatic rings. The number of nitrogens with zero attached hydrogens (tertiary/aromatic N) is 2. The number of carbonyl (C=O) groups is 4. The molecular formula is C60H80N2O21. The fourth-order valence-corrected chi connectivity index (χ4v) is 14.4. The van der Waals surface area contributed by atoms with Gasteiger partial charge in [0.2, 0.25) is 0 Å². The third-order valence-corrected chi connectivity index (χ3v) is 19.0. The number of ether oxygens (including phenoxy) is 14. The van der Waals surface area contributed by atoms with Gasteiger partial charge in [0.25, 0.3) is 0 Å². The third kappa shape index (κ3) is 10.8. The van der Waals surface area contributed by atoms with Crippen molar-refractivity contribution in [3.05, 3.63) is 57.6 Å². The minimum absolute atomic E-state index is 0.0461. The molecule has 23 nitrogen and oxygen atoms in total. The Balaban J connectivity index is 0.793. The van der Waals surface area contributed by atoms with Crippen molar-refractivity contribution in [2.45, 2.75) is 253 Å². The Morgan fingerprint density at radius 3 is 1.55 bits per heavy atom. The normalized spacial score (nSPS) is 44.3. The molecule has 8 heterocycles. The van der Waals surface area contributed by atoms with E-state index in [9.17, 15) is 34.5 Å². The largest absolute Gasteiger partial charge is 0.507 e. The van der Waals surface area contributed by atoms with Crippen LogP contribution < -0.4 is 0 Å². The molecule has 0 amide bonds. The third-order valence-electron chi connectivity index (χ3n) is 19.0. The van der Waals surface area contributed by atoms with Crippen molar-refractivity contribution in [1.82, 2.24) is 9.80 Å². The summed E-state index contributed by atoms with van der Waals surface area (Å²) in [4.78, 5) is 58.2. The highest BCUT2D eigenvalue weighted by Gasteiger charge is 2.56. The molecule has 83 heavy (non-hydrogen) atoms. The fourth-order valence-electron chi connectivity index (χ4n) is 14.4. The van der Waals surface area contributed by atoms with E-state index in [2.05, 4.69) is 0 Å². The van der Waals surface area contributed by atoms with Crippen LogP contribution in [0.2, 0.25) is 0 Å². The van der Waals surface area contributed by atoms with E-state index in [0.717, 1.165) is 0 Å². The van der Waals surface area contributed by atoms with E-state index in [1.54, 1.807) is 20.8 Å². The molecule has 2 aliphatic carbocycles. The molecule has 2 aromatic carbocycles. The predicted octanol–water partition coefficient (Wildman–Crippen LogP) is 4.42. The summed E-state index contributed by atoms with van der Waals surface area (Å²) in [5.74, 6) is -2.40. The highest BCUT2D eigenvalue weighted by Crippen LogP contribution is 2.55. The standard InChI is InChI=1S/C60H80N2O21/c1-12-60(69)23-42(78-43-17-33(61(8)9)53(26(4)70-43)79-45-21-38-55(28(6)72-45)82-58-40(76-38)19-36(64)24(2)74-58)31-16-32-48(50(66)30-14-13-15-35(63)47(30)51(32)67)52(68)49(31)57(60)81-44-18-34(62(10)11)54(27(5)71-44)80-46-22-39-56(29(7)73-46)83-59-41(77-39)20-37(65)25(3)75-59/h13-16,24-29,33-34,38-46,53-59,63,68-69H,12,17-23H2,1-11H3/t24-,25-,26-,27-,28-,29-,33-,34-,38-,39-,40-,41-,42-,43-,44-,45+,46+,53+,54+,55-,56+,57+,58-,59-,60+/m0/s1. The maximum atomic E-state index is 14.5. The lowest BCUT2D eigenvalue weighted by atomic mass is 9.71. The van der Waals surface area contributed by atoms with Crippen molar-refractivity contribution in [3.8, 4) is 11.5 Å². The maximum absolute atomic E-state index is 14.5. The first kappa shape index (κ1) is 59.4. The van der Waals surface area contributed by atoms with Gasteiger partial charge in [-0.05, 0) is 93.9 Å². The number of ketones is 4. The molecule has 8 saturated heterocycles. The van der Waals surface area contributed by atoms with Gasteiger partial charge < -0.3 is 91.4 Å². The maximum Gasteiger partial charge on any atom is 0.198 e. The summed E-state index contributed by atoms with van der Waals surface area (Å²) in [5, 5.41) is 36.8. The number of hydrogen-bond acceptors (Lipinski definition) is 23. The number of rotatable bonds is 11. The van der Waals surface area contributed by atoms with Crippen LogP contribution in [0, 0.1) is 0 Å². The smallest absolute Gasteiger partial charge is 0.198 e. The van der Waals surface area contributed by atoms with Gasteiger partial charge in [0.15, 0.2) is 60.9 Å². The molecule has 0 radical (unpaired) electrons. The van der Waals surface area contributed by atoms with Gasteiger partial charge in [-0.15, -0.1) is 0 Å². The first-order valence-electron chi connectivity index (χ1n) is 29.6. The number of phenols is 2. The number of aliphatic hydroxyl groups is 1. The number of fused-ring (bicyclic) bond motifs is 7. The number of Topliss-reactive ketones (excluding diaryl/α,β-unsaturated/α-hetero) is 2. The van der Waals surface area contributed by atoms with E-state index in [1.807, 2.05) is 65.7 Å². The lowest BCUT2D eigenvalue weighted by Gasteiger charge is -2.51. The van der Waals surface area contributed by atoms with Crippen molar-refractivity contribution in [2.75, 3.05) is 28.2 Å². The van der Waals surface area contributed by atoms with E-state index < -0.39 is 158 Å². The van der Waals surface area contributed by atoms with Crippen LogP contribution in [-0.2, 0) is 75.9 Å². The molecule has 0 saturated carbocycles. The Kier molecular flexibility index (Phi) is 16.4. The molecule has 0 unspecified atom stereocenters. The minimum atomic E-state index is -1.77. The summed E-state index contributed by atoms with van der Waals surface area (Å²) in [6, 6.07) is 5.07. The summed E-state index contributed by atoms with van der Waals surface area (Å²) in [6.07, 6.45) is -12.7. The number of phenolic OH excluding ortho intramolecular Hbond substituents is 2. The highest BCUT2D eigenvalue weighted by molar-refractivity contribution is 6.30. The summed E-state index contributed by atoms with van der Waals surface area (Å²) in [7, 11) is 7.70. The molecule has 12 rings (SSSR count). The second kappa shape index (κ2) is 23.0. The van der Waals surface area contributed by atoms with Crippen LogP contribution >= 0.6 is 0 Å². The van der Waals surface area contributed by atoms with Crippen LogP contribution in [0.15, 0.2) is 24.3 Å². The van der Waals surface area contributed by atoms with Crippen LogP contribution in [0.4, 0.5) is 0 Å². The average molecular weight is 1170 g/mol. The zero-order valence-corrected chi connectivity index (χ0v) is 48.9. The number of aromatic hydroxyl groups is 2. The number of carbonyl (C=O) groups excluding carboxylic acids is 4. The topological polar surface area (TPSA) is 265 Å². The van der Waals surface area contributed by atoms with Crippen molar-refractivity contribution in [3.63, 3.8) is 0 Å². The van der Waals surface area contributed by atoms with Gasteiger partial charge in [0, 0.05) is 73.7 Å². The van der Waals surface area contributed by atoms with Crippen LogP contribution in [0.25, 0.3) is 0 Å². The molecule has 8 fully saturated rings. The lowest BCUT2D eigenvalue weighted by molar-refractivity contribution is -0.372. The van der Waals surface area contributed by atoms with Gasteiger partial charge in [-0.1, -0.05) is 19.1 Å². The Morgan fingerprint density at radius 1 is 0.566 bits per heavy atom. The second-order valence-corrected chi connectivity index (χ2v) is 24.9.